The van der Waals surface area contributed by atoms with Crippen molar-refractivity contribution >= 4 is 17.7 Å². The molecule has 1 saturated carbocycles. The number of ether oxygens (including phenoxy) is 1. The van der Waals surface area contributed by atoms with Gasteiger partial charge in [-0.25, -0.2) is 0 Å². The lowest BCUT2D eigenvalue weighted by molar-refractivity contribution is -0.136. The molecule has 0 aromatic heterocycles. The molecular weight excluding hydrogens is 356 g/mol. The second-order valence-corrected chi connectivity index (χ2v) is 8.75. The fraction of sp³-hybridized carbons (Fsp3) is 0.682. The van der Waals surface area contributed by atoms with Crippen LogP contribution in [-0.2, 0) is 9.53 Å². The number of carbonyl (C=O) groups excluding carboxylic acids is 1. The Hall–Kier alpha value is -1.04. The summed E-state index contributed by atoms with van der Waals surface area (Å²) in [5.41, 5.74) is 1.47. The van der Waals surface area contributed by atoms with E-state index in [1.807, 2.05) is 4.90 Å². The number of nitrogens with zero attached hydrogens (tertiary/aromatic N) is 1. The number of amides is 1. The summed E-state index contributed by atoms with van der Waals surface area (Å²) >= 11 is 1.80. The summed E-state index contributed by atoms with van der Waals surface area (Å²) in [5.74, 6) is 1.77. The standard InChI is InChI=1S/C22H34N2O2S/c1-17(25)24-14-6-9-21(23-16-27-2)22(24)15-26-20-12-10-19(11-13-20)18-7-4-3-5-8-18/h3-5,7-8,19-23H,6,9-16H2,1-2H3/t19-,20+,21-,22-/m0/s1. The second kappa shape index (κ2) is 10.5. The molecule has 2 atom stereocenters. The Labute approximate surface area is 168 Å². The molecule has 2 fully saturated rings. The number of hydrogen-bond donors (Lipinski definition) is 1. The predicted octanol–water partition coefficient (Wildman–Crippen LogP) is 4.02. The summed E-state index contributed by atoms with van der Waals surface area (Å²) in [6.45, 7) is 3.21. The van der Waals surface area contributed by atoms with Crippen LogP contribution in [0.25, 0.3) is 0 Å². The Morgan fingerprint density at radius 2 is 1.93 bits per heavy atom. The molecule has 3 rings (SSSR count). The van der Waals surface area contributed by atoms with Crippen LogP contribution >= 0.6 is 11.8 Å². The quantitative estimate of drug-likeness (QED) is 0.714. The first-order chi connectivity index (χ1) is 13.2. The number of benzene rings is 1. The molecule has 1 aromatic rings. The van der Waals surface area contributed by atoms with Crippen LogP contribution in [0.1, 0.15) is 56.9 Å². The van der Waals surface area contributed by atoms with Gasteiger partial charge in [-0.05, 0) is 56.3 Å². The van der Waals surface area contributed by atoms with Crippen LogP contribution in [0.4, 0.5) is 0 Å². The third-order valence-electron chi connectivity index (χ3n) is 6.12. The van der Waals surface area contributed by atoms with Gasteiger partial charge in [-0.2, -0.15) is 0 Å². The van der Waals surface area contributed by atoms with E-state index in [1.54, 1.807) is 18.7 Å². The lowest BCUT2D eigenvalue weighted by Crippen LogP contribution is -2.57. The second-order valence-electron chi connectivity index (χ2n) is 7.88. The Morgan fingerprint density at radius 1 is 1.19 bits per heavy atom. The van der Waals surface area contributed by atoms with E-state index in [2.05, 4.69) is 41.9 Å². The van der Waals surface area contributed by atoms with E-state index in [0.29, 0.717) is 24.7 Å². The molecular formula is C22H34N2O2S. The number of rotatable bonds is 7. The van der Waals surface area contributed by atoms with E-state index in [9.17, 15) is 4.79 Å². The van der Waals surface area contributed by atoms with Gasteiger partial charge < -0.3 is 15.0 Å². The maximum Gasteiger partial charge on any atom is 0.219 e. The van der Waals surface area contributed by atoms with Crippen molar-refractivity contribution in [3.63, 3.8) is 0 Å². The smallest absolute Gasteiger partial charge is 0.219 e. The highest BCUT2D eigenvalue weighted by Crippen LogP contribution is 2.34. The molecule has 0 radical (unpaired) electrons. The topological polar surface area (TPSA) is 41.6 Å². The van der Waals surface area contributed by atoms with E-state index in [0.717, 1.165) is 38.1 Å². The minimum absolute atomic E-state index is 0.162. The van der Waals surface area contributed by atoms with E-state index in [-0.39, 0.29) is 11.9 Å². The molecule has 5 heteroatoms. The highest BCUT2D eigenvalue weighted by molar-refractivity contribution is 7.98. The third-order valence-corrected chi connectivity index (χ3v) is 6.58. The number of thioether (sulfide) groups is 1. The van der Waals surface area contributed by atoms with Crippen molar-refractivity contribution in [2.24, 2.45) is 0 Å². The Balaban J connectivity index is 1.51. The average Bonchev–Trinajstić information content (AvgIpc) is 2.71. The van der Waals surface area contributed by atoms with Gasteiger partial charge in [0, 0.05) is 25.4 Å². The number of nitrogens with one attached hydrogen (secondary N) is 1. The fourth-order valence-corrected chi connectivity index (χ4v) is 4.99. The minimum Gasteiger partial charge on any atom is -0.376 e. The number of carbonyl (C=O) groups is 1. The van der Waals surface area contributed by atoms with Gasteiger partial charge in [0.05, 0.1) is 18.8 Å². The normalized spacial score (nSPS) is 28.9. The summed E-state index contributed by atoms with van der Waals surface area (Å²) < 4.78 is 6.36. The molecule has 1 saturated heterocycles. The van der Waals surface area contributed by atoms with Crippen LogP contribution in [-0.4, -0.2) is 54.3 Å². The van der Waals surface area contributed by atoms with Crippen molar-refractivity contribution in [3.8, 4) is 0 Å². The van der Waals surface area contributed by atoms with Gasteiger partial charge in [-0.15, -0.1) is 11.8 Å². The predicted molar refractivity (Wildman–Crippen MR) is 113 cm³/mol. The summed E-state index contributed by atoms with van der Waals surface area (Å²) in [5, 5.41) is 3.61. The maximum absolute atomic E-state index is 12.1. The SMILES string of the molecule is CSCN[C@H]1CCCN(C(C)=O)[C@H]1CO[C@H]1CC[C@@H](c2ccccc2)CC1. The summed E-state index contributed by atoms with van der Waals surface area (Å²) in [6.07, 6.45) is 9.28. The maximum atomic E-state index is 12.1. The molecule has 1 N–H and O–H groups in total. The van der Waals surface area contributed by atoms with E-state index < -0.39 is 0 Å². The zero-order chi connectivity index (χ0) is 19.1. The van der Waals surface area contributed by atoms with Gasteiger partial charge in [-0.1, -0.05) is 30.3 Å². The van der Waals surface area contributed by atoms with E-state index in [4.69, 9.17) is 4.74 Å². The van der Waals surface area contributed by atoms with E-state index >= 15 is 0 Å². The molecule has 4 nitrogen and oxygen atoms in total. The van der Waals surface area contributed by atoms with Gasteiger partial charge in [0.15, 0.2) is 0 Å². The molecule has 1 aromatic carbocycles. The molecule has 1 heterocycles. The van der Waals surface area contributed by atoms with Crippen molar-refractivity contribution in [2.75, 3.05) is 25.3 Å². The molecule has 1 aliphatic carbocycles. The molecule has 0 bridgehead atoms. The van der Waals surface area contributed by atoms with Crippen LogP contribution in [0.5, 0.6) is 0 Å². The third kappa shape index (κ3) is 5.72. The van der Waals surface area contributed by atoms with Crippen molar-refractivity contribution in [3.05, 3.63) is 35.9 Å². The molecule has 2 aliphatic rings. The first-order valence-electron chi connectivity index (χ1n) is 10.3. The van der Waals surface area contributed by atoms with Crippen LogP contribution in [0, 0.1) is 0 Å². The zero-order valence-electron chi connectivity index (χ0n) is 16.7. The van der Waals surface area contributed by atoms with Crippen molar-refractivity contribution in [1.82, 2.24) is 10.2 Å². The lowest BCUT2D eigenvalue weighted by Gasteiger charge is -2.42. The molecule has 150 valence electrons. The molecule has 1 amide bonds. The summed E-state index contributed by atoms with van der Waals surface area (Å²) in [4.78, 5) is 14.1. The zero-order valence-corrected chi connectivity index (χ0v) is 17.5. The highest BCUT2D eigenvalue weighted by atomic mass is 32.2. The van der Waals surface area contributed by atoms with Gasteiger partial charge in [-0.3, -0.25) is 4.79 Å². The molecule has 1 aliphatic heterocycles. The van der Waals surface area contributed by atoms with Crippen LogP contribution < -0.4 is 5.32 Å². The van der Waals surface area contributed by atoms with Gasteiger partial charge >= 0.3 is 0 Å². The van der Waals surface area contributed by atoms with Crippen molar-refractivity contribution in [1.29, 1.82) is 0 Å². The van der Waals surface area contributed by atoms with Gasteiger partial charge in [0.25, 0.3) is 0 Å². The number of likely N-dealkylation sites (tertiary alicyclic amines) is 1. The summed E-state index contributed by atoms with van der Waals surface area (Å²) in [6, 6.07) is 11.4. The van der Waals surface area contributed by atoms with Crippen LogP contribution in [0.15, 0.2) is 30.3 Å². The Kier molecular flexibility index (Phi) is 8.04. The first kappa shape index (κ1) is 20.7. The Morgan fingerprint density at radius 3 is 2.59 bits per heavy atom. The minimum atomic E-state index is 0.162. The van der Waals surface area contributed by atoms with Crippen LogP contribution in [0.3, 0.4) is 0 Å². The Bertz CT molecular complexity index is 575. The monoisotopic (exact) mass is 390 g/mol. The van der Waals surface area contributed by atoms with Gasteiger partial charge in [0.2, 0.25) is 5.91 Å². The first-order valence-corrected chi connectivity index (χ1v) is 11.7. The van der Waals surface area contributed by atoms with Gasteiger partial charge in [0.1, 0.15) is 0 Å². The number of hydrogen-bond acceptors (Lipinski definition) is 4. The molecule has 27 heavy (non-hydrogen) atoms. The van der Waals surface area contributed by atoms with Crippen LogP contribution in [0.2, 0.25) is 0 Å². The summed E-state index contributed by atoms with van der Waals surface area (Å²) in [7, 11) is 0. The average molecular weight is 391 g/mol. The molecule has 0 unspecified atom stereocenters. The van der Waals surface area contributed by atoms with E-state index in [1.165, 1.54) is 18.4 Å². The lowest BCUT2D eigenvalue weighted by atomic mass is 9.83. The fourth-order valence-electron chi connectivity index (χ4n) is 4.61. The largest absolute Gasteiger partial charge is 0.376 e. The van der Waals surface area contributed by atoms with Crippen molar-refractivity contribution < 1.29 is 9.53 Å². The molecule has 0 spiro atoms. The highest BCUT2D eigenvalue weighted by Gasteiger charge is 2.34. The number of piperidine rings is 1. The van der Waals surface area contributed by atoms with Crippen molar-refractivity contribution in [2.45, 2.75) is 69.6 Å².